The van der Waals surface area contributed by atoms with Crippen LogP contribution in [0.25, 0.3) is 0 Å². The van der Waals surface area contributed by atoms with Crippen LogP contribution in [0.3, 0.4) is 0 Å². The molecule has 0 spiro atoms. The lowest BCUT2D eigenvalue weighted by atomic mass is 10.0. The monoisotopic (exact) mass is 406 g/mol. The van der Waals surface area contributed by atoms with Crippen LogP contribution in [0.1, 0.15) is 31.2 Å². The first kappa shape index (κ1) is 18.9. The number of carbonyl (C=O) groups excluding carboxylic acids is 1. The number of hydrogen-bond donors (Lipinski definition) is 3. The highest BCUT2D eigenvalue weighted by molar-refractivity contribution is 6.44. The zero-order chi connectivity index (χ0) is 20.5. The number of hydrogen-bond acceptors (Lipinski definition) is 8. The van der Waals surface area contributed by atoms with Gasteiger partial charge in [0.2, 0.25) is 5.95 Å². The number of carbonyl (C=O) groups is 1. The third kappa shape index (κ3) is 3.60. The number of anilines is 4. The SMILES string of the molecule is N=C1Cc2cnc(Nc3ccc(N4CCNCC4)cn3)nc2N(C2CCCC2)C1=O. The van der Waals surface area contributed by atoms with Gasteiger partial charge in [0.1, 0.15) is 17.3 Å². The van der Waals surface area contributed by atoms with Gasteiger partial charge < -0.3 is 15.5 Å². The summed E-state index contributed by atoms with van der Waals surface area (Å²) in [5.41, 5.74) is 2.05. The molecular weight excluding hydrogens is 380 g/mol. The van der Waals surface area contributed by atoms with E-state index in [1.165, 1.54) is 0 Å². The van der Waals surface area contributed by atoms with Crippen LogP contribution >= 0.6 is 0 Å². The molecule has 1 amide bonds. The van der Waals surface area contributed by atoms with Crippen molar-refractivity contribution in [3.05, 3.63) is 30.1 Å². The molecule has 1 aliphatic carbocycles. The molecule has 3 N–H and O–H groups in total. The van der Waals surface area contributed by atoms with E-state index in [-0.39, 0.29) is 24.1 Å². The van der Waals surface area contributed by atoms with Crippen LogP contribution < -0.4 is 20.4 Å². The third-order valence-electron chi connectivity index (χ3n) is 6.07. The van der Waals surface area contributed by atoms with Gasteiger partial charge in [-0.1, -0.05) is 12.8 Å². The normalized spacial score (nSPS) is 19.9. The summed E-state index contributed by atoms with van der Waals surface area (Å²) in [6, 6.07) is 4.10. The van der Waals surface area contributed by atoms with Crippen molar-refractivity contribution in [2.45, 2.75) is 38.1 Å². The quantitative estimate of drug-likeness (QED) is 0.711. The molecule has 2 aromatic rings. The molecule has 0 bridgehead atoms. The first-order valence-electron chi connectivity index (χ1n) is 10.6. The smallest absolute Gasteiger partial charge is 0.273 e. The van der Waals surface area contributed by atoms with Crippen LogP contribution in [-0.4, -0.2) is 58.8 Å². The molecule has 9 nitrogen and oxygen atoms in total. The fourth-order valence-electron chi connectivity index (χ4n) is 4.48. The average molecular weight is 406 g/mol. The fraction of sp³-hybridized carbons (Fsp3) is 0.476. The molecule has 0 radical (unpaired) electrons. The van der Waals surface area contributed by atoms with E-state index in [0.29, 0.717) is 17.6 Å². The first-order valence-corrected chi connectivity index (χ1v) is 10.6. The molecule has 0 unspecified atom stereocenters. The van der Waals surface area contributed by atoms with Crippen LogP contribution in [0.5, 0.6) is 0 Å². The van der Waals surface area contributed by atoms with Gasteiger partial charge in [0.05, 0.1) is 11.9 Å². The number of nitrogens with zero attached hydrogens (tertiary/aromatic N) is 5. The zero-order valence-corrected chi connectivity index (χ0v) is 16.9. The molecule has 4 heterocycles. The minimum absolute atomic E-state index is 0.115. The maximum absolute atomic E-state index is 12.7. The Labute approximate surface area is 175 Å². The van der Waals surface area contributed by atoms with Gasteiger partial charge in [-0.2, -0.15) is 4.98 Å². The summed E-state index contributed by atoms with van der Waals surface area (Å²) in [4.78, 5) is 30.3. The van der Waals surface area contributed by atoms with Crippen molar-refractivity contribution >= 4 is 34.9 Å². The van der Waals surface area contributed by atoms with Crippen LogP contribution in [0.4, 0.5) is 23.3 Å². The molecule has 30 heavy (non-hydrogen) atoms. The summed E-state index contributed by atoms with van der Waals surface area (Å²) in [6.45, 7) is 3.91. The second-order valence-electron chi connectivity index (χ2n) is 8.07. The minimum Gasteiger partial charge on any atom is -0.368 e. The lowest BCUT2D eigenvalue weighted by Gasteiger charge is -2.33. The molecular formula is C21H26N8O. The van der Waals surface area contributed by atoms with E-state index in [1.54, 1.807) is 11.1 Å². The number of pyridine rings is 1. The van der Waals surface area contributed by atoms with Gasteiger partial charge in [-0.05, 0) is 25.0 Å². The molecule has 2 fully saturated rings. The highest BCUT2D eigenvalue weighted by Gasteiger charge is 2.36. The molecule has 2 aromatic heterocycles. The summed E-state index contributed by atoms with van der Waals surface area (Å²) in [5, 5.41) is 14.6. The van der Waals surface area contributed by atoms with Gasteiger partial charge in [-0.15, -0.1) is 0 Å². The van der Waals surface area contributed by atoms with E-state index in [0.717, 1.165) is 63.1 Å². The van der Waals surface area contributed by atoms with E-state index in [1.807, 2.05) is 12.3 Å². The number of amides is 1. The first-order chi connectivity index (χ1) is 14.7. The zero-order valence-electron chi connectivity index (χ0n) is 16.9. The van der Waals surface area contributed by atoms with Crippen molar-refractivity contribution in [3.63, 3.8) is 0 Å². The van der Waals surface area contributed by atoms with Crippen molar-refractivity contribution in [3.8, 4) is 0 Å². The summed E-state index contributed by atoms with van der Waals surface area (Å²) in [5.74, 6) is 1.49. The van der Waals surface area contributed by atoms with Crippen molar-refractivity contribution in [1.82, 2.24) is 20.3 Å². The number of fused-ring (bicyclic) bond motifs is 1. The van der Waals surface area contributed by atoms with E-state index in [4.69, 9.17) is 5.41 Å². The third-order valence-corrected chi connectivity index (χ3v) is 6.07. The van der Waals surface area contributed by atoms with Crippen molar-refractivity contribution in [2.75, 3.05) is 41.3 Å². The van der Waals surface area contributed by atoms with E-state index in [2.05, 4.69) is 36.6 Å². The maximum Gasteiger partial charge on any atom is 0.273 e. The van der Waals surface area contributed by atoms with Crippen LogP contribution in [0, 0.1) is 5.41 Å². The van der Waals surface area contributed by atoms with Gasteiger partial charge in [-0.3, -0.25) is 15.1 Å². The van der Waals surface area contributed by atoms with Crippen molar-refractivity contribution in [1.29, 1.82) is 5.41 Å². The van der Waals surface area contributed by atoms with E-state index < -0.39 is 0 Å². The Hall–Kier alpha value is -3.07. The fourth-order valence-corrected chi connectivity index (χ4v) is 4.48. The Kier molecular flexibility index (Phi) is 5.04. The molecule has 1 saturated carbocycles. The summed E-state index contributed by atoms with van der Waals surface area (Å²) in [6.07, 6.45) is 8.01. The van der Waals surface area contributed by atoms with Gasteiger partial charge in [0.15, 0.2) is 0 Å². The molecule has 0 atom stereocenters. The number of aromatic nitrogens is 3. The minimum atomic E-state index is -0.224. The Morgan fingerprint density at radius 1 is 1.10 bits per heavy atom. The van der Waals surface area contributed by atoms with Gasteiger partial charge in [0, 0.05) is 50.4 Å². The average Bonchev–Trinajstić information content (AvgIpc) is 3.30. The number of nitrogens with one attached hydrogen (secondary N) is 3. The van der Waals surface area contributed by atoms with Gasteiger partial charge >= 0.3 is 0 Å². The lowest BCUT2D eigenvalue weighted by Crippen LogP contribution is -2.47. The molecule has 9 heteroatoms. The molecule has 3 aliphatic rings. The lowest BCUT2D eigenvalue weighted by molar-refractivity contribution is -0.113. The van der Waals surface area contributed by atoms with Gasteiger partial charge in [-0.25, -0.2) is 9.97 Å². The molecule has 2 aliphatic heterocycles. The molecule has 5 rings (SSSR count). The van der Waals surface area contributed by atoms with Gasteiger partial charge in [0.25, 0.3) is 5.91 Å². The molecule has 156 valence electrons. The van der Waals surface area contributed by atoms with Crippen LogP contribution in [0.2, 0.25) is 0 Å². The van der Waals surface area contributed by atoms with Crippen molar-refractivity contribution in [2.24, 2.45) is 0 Å². The summed E-state index contributed by atoms with van der Waals surface area (Å²) in [7, 11) is 0. The topological polar surface area (TPSA) is 110 Å². The summed E-state index contributed by atoms with van der Waals surface area (Å²) < 4.78 is 0. The predicted octanol–water partition coefficient (Wildman–Crippen LogP) is 1.88. The number of rotatable bonds is 4. The maximum atomic E-state index is 12.7. The second-order valence-corrected chi connectivity index (χ2v) is 8.07. The Bertz CT molecular complexity index is 948. The largest absolute Gasteiger partial charge is 0.368 e. The highest BCUT2D eigenvalue weighted by Crippen LogP contribution is 2.33. The predicted molar refractivity (Wildman–Crippen MR) is 116 cm³/mol. The Morgan fingerprint density at radius 3 is 2.63 bits per heavy atom. The Morgan fingerprint density at radius 2 is 1.90 bits per heavy atom. The Balaban J connectivity index is 1.37. The molecule has 1 saturated heterocycles. The number of piperazine rings is 1. The van der Waals surface area contributed by atoms with Crippen molar-refractivity contribution < 1.29 is 4.79 Å². The van der Waals surface area contributed by atoms with Crippen LogP contribution in [0.15, 0.2) is 24.5 Å². The van der Waals surface area contributed by atoms with E-state index >= 15 is 0 Å². The highest BCUT2D eigenvalue weighted by atomic mass is 16.2. The summed E-state index contributed by atoms with van der Waals surface area (Å²) >= 11 is 0. The standard InChI is InChI=1S/C21H26N8O/c22-17-11-14-12-25-21(27-19(14)29(20(17)30)15-3-1-2-4-15)26-18-6-5-16(13-24-18)28-9-7-23-8-10-28/h5-6,12-13,15,22-23H,1-4,7-11H2,(H,24,25,26,27). The second kappa shape index (κ2) is 7.98. The van der Waals surface area contributed by atoms with Crippen LogP contribution in [-0.2, 0) is 11.2 Å². The van der Waals surface area contributed by atoms with E-state index in [9.17, 15) is 4.79 Å². The molecule has 0 aromatic carbocycles.